The van der Waals surface area contributed by atoms with Gasteiger partial charge >= 0.3 is 0 Å². The number of thiophene rings is 1. The van der Waals surface area contributed by atoms with Crippen molar-refractivity contribution in [3.05, 3.63) is 67.8 Å². The van der Waals surface area contributed by atoms with E-state index in [-0.39, 0.29) is 6.04 Å². The van der Waals surface area contributed by atoms with Crippen LogP contribution in [0.25, 0.3) is 10.8 Å². The van der Waals surface area contributed by atoms with Crippen molar-refractivity contribution in [2.24, 2.45) is 0 Å². The van der Waals surface area contributed by atoms with Crippen LogP contribution in [0.4, 0.5) is 0 Å². The van der Waals surface area contributed by atoms with Crippen LogP contribution in [-0.4, -0.2) is 7.05 Å². The van der Waals surface area contributed by atoms with E-state index in [2.05, 4.69) is 63.7 Å². The summed E-state index contributed by atoms with van der Waals surface area (Å²) >= 11 is 11.3. The predicted octanol–water partition coefficient (Wildman–Crippen LogP) is 5.63. The van der Waals surface area contributed by atoms with Crippen LogP contribution in [0.3, 0.4) is 0 Å². The molecule has 1 unspecified atom stereocenters. The number of fused-ring (bicyclic) bond motifs is 1. The Balaban J connectivity index is 2.20. The summed E-state index contributed by atoms with van der Waals surface area (Å²) < 4.78 is 1.94. The van der Waals surface area contributed by atoms with Crippen molar-refractivity contribution in [3.8, 4) is 0 Å². The fourth-order valence-electron chi connectivity index (χ4n) is 2.47. The van der Waals surface area contributed by atoms with Gasteiger partial charge in [-0.15, -0.1) is 11.3 Å². The van der Waals surface area contributed by atoms with Gasteiger partial charge in [0.2, 0.25) is 0 Å². The Hall–Kier alpha value is -0.870. The topological polar surface area (TPSA) is 12.0 Å². The molecule has 20 heavy (non-hydrogen) atoms. The van der Waals surface area contributed by atoms with E-state index in [1.54, 1.807) is 11.3 Å². The van der Waals surface area contributed by atoms with E-state index in [4.69, 9.17) is 11.6 Å². The molecular weight excluding hydrogens is 354 g/mol. The monoisotopic (exact) mass is 365 g/mol. The third kappa shape index (κ3) is 2.51. The van der Waals surface area contributed by atoms with E-state index in [1.165, 1.54) is 21.2 Å². The highest BCUT2D eigenvalue weighted by molar-refractivity contribution is 9.10. The minimum Gasteiger partial charge on any atom is -0.309 e. The number of halogens is 2. The Morgan fingerprint density at radius 3 is 2.45 bits per heavy atom. The largest absolute Gasteiger partial charge is 0.309 e. The van der Waals surface area contributed by atoms with Crippen LogP contribution in [-0.2, 0) is 0 Å². The highest BCUT2D eigenvalue weighted by Crippen LogP contribution is 2.36. The van der Waals surface area contributed by atoms with Crippen molar-refractivity contribution < 1.29 is 0 Å². The second-order valence-electron chi connectivity index (χ2n) is 4.55. The lowest BCUT2D eigenvalue weighted by Crippen LogP contribution is -2.16. The summed E-state index contributed by atoms with van der Waals surface area (Å²) in [5.41, 5.74) is 1.27. The summed E-state index contributed by atoms with van der Waals surface area (Å²) in [5, 5.41) is 5.88. The molecule has 3 rings (SSSR count). The standard InChI is InChI=1S/C16H13BrClNS/c1-19-16(14-8-9-15(18)20-14)12-6-7-13(17)11-5-3-2-4-10(11)12/h2-9,16,19H,1H3. The number of hydrogen-bond acceptors (Lipinski definition) is 2. The fraction of sp³-hybridized carbons (Fsp3) is 0.125. The average Bonchev–Trinajstić information content (AvgIpc) is 2.89. The van der Waals surface area contributed by atoms with E-state index >= 15 is 0 Å². The van der Waals surface area contributed by atoms with Gasteiger partial charge in [0, 0.05) is 9.35 Å². The molecule has 4 heteroatoms. The number of benzene rings is 2. The van der Waals surface area contributed by atoms with Crippen molar-refractivity contribution in [1.82, 2.24) is 5.32 Å². The van der Waals surface area contributed by atoms with E-state index in [1.807, 2.05) is 13.1 Å². The molecule has 1 N–H and O–H groups in total. The smallest absolute Gasteiger partial charge is 0.0931 e. The first-order chi connectivity index (χ1) is 9.70. The zero-order chi connectivity index (χ0) is 14.1. The van der Waals surface area contributed by atoms with Gasteiger partial charge in [-0.25, -0.2) is 0 Å². The second-order valence-corrected chi connectivity index (χ2v) is 7.15. The zero-order valence-corrected chi connectivity index (χ0v) is 14.0. The number of nitrogens with one attached hydrogen (secondary N) is 1. The van der Waals surface area contributed by atoms with Gasteiger partial charge in [0.15, 0.2) is 0 Å². The van der Waals surface area contributed by atoms with E-state index in [0.29, 0.717) is 0 Å². The van der Waals surface area contributed by atoms with E-state index in [9.17, 15) is 0 Å². The lowest BCUT2D eigenvalue weighted by molar-refractivity contribution is 0.709. The van der Waals surface area contributed by atoms with Gasteiger partial charge < -0.3 is 5.32 Å². The van der Waals surface area contributed by atoms with Gasteiger partial charge in [-0.3, -0.25) is 0 Å². The SMILES string of the molecule is CNC(c1ccc(Cl)s1)c1ccc(Br)c2ccccc12. The molecule has 102 valence electrons. The maximum Gasteiger partial charge on any atom is 0.0931 e. The van der Waals surface area contributed by atoms with Crippen molar-refractivity contribution >= 4 is 49.6 Å². The maximum absolute atomic E-state index is 6.08. The molecule has 1 nitrogen and oxygen atoms in total. The van der Waals surface area contributed by atoms with Crippen LogP contribution < -0.4 is 5.32 Å². The summed E-state index contributed by atoms with van der Waals surface area (Å²) in [7, 11) is 1.98. The van der Waals surface area contributed by atoms with Crippen molar-refractivity contribution in [1.29, 1.82) is 0 Å². The van der Waals surface area contributed by atoms with Crippen LogP contribution in [0.2, 0.25) is 4.34 Å². The summed E-state index contributed by atoms with van der Waals surface area (Å²) in [4.78, 5) is 1.23. The summed E-state index contributed by atoms with van der Waals surface area (Å²) in [6, 6.07) is 16.9. The minimum atomic E-state index is 0.158. The van der Waals surface area contributed by atoms with Gasteiger partial charge in [0.25, 0.3) is 0 Å². The number of rotatable bonds is 3. The molecule has 1 atom stereocenters. The highest BCUT2D eigenvalue weighted by Gasteiger charge is 2.17. The normalized spacial score (nSPS) is 12.8. The Labute approximate surface area is 135 Å². The van der Waals surface area contributed by atoms with Gasteiger partial charge in [0.05, 0.1) is 10.4 Å². The molecule has 0 saturated heterocycles. The Kier molecular flexibility index (Phi) is 4.13. The van der Waals surface area contributed by atoms with Gasteiger partial charge in [0.1, 0.15) is 0 Å². The third-order valence-electron chi connectivity index (χ3n) is 3.38. The molecule has 1 heterocycles. The molecule has 0 bridgehead atoms. The number of hydrogen-bond donors (Lipinski definition) is 1. The molecule has 1 aromatic heterocycles. The van der Waals surface area contributed by atoms with E-state index in [0.717, 1.165) is 8.81 Å². The Morgan fingerprint density at radius 2 is 1.80 bits per heavy atom. The lowest BCUT2D eigenvalue weighted by atomic mass is 9.98. The first kappa shape index (κ1) is 14.1. The van der Waals surface area contributed by atoms with Crippen molar-refractivity contribution in [3.63, 3.8) is 0 Å². The highest BCUT2D eigenvalue weighted by atomic mass is 79.9. The van der Waals surface area contributed by atoms with Gasteiger partial charge in [-0.2, -0.15) is 0 Å². The molecule has 0 aliphatic heterocycles. The average molecular weight is 367 g/mol. The van der Waals surface area contributed by atoms with Crippen LogP contribution in [0, 0.1) is 0 Å². The van der Waals surface area contributed by atoms with Crippen molar-refractivity contribution in [2.45, 2.75) is 6.04 Å². The fourth-order valence-corrected chi connectivity index (χ4v) is 4.14. The summed E-state index contributed by atoms with van der Waals surface area (Å²) in [6.07, 6.45) is 0. The molecule has 0 aliphatic rings. The zero-order valence-electron chi connectivity index (χ0n) is 10.9. The van der Waals surface area contributed by atoms with Crippen molar-refractivity contribution in [2.75, 3.05) is 7.05 Å². The molecule has 2 aromatic carbocycles. The Bertz CT molecular complexity index is 753. The van der Waals surface area contributed by atoms with E-state index < -0.39 is 0 Å². The molecule has 0 aliphatic carbocycles. The van der Waals surface area contributed by atoms with Crippen LogP contribution in [0.1, 0.15) is 16.5 Å². The lowest BCUT2D eigenvalue weighted by Gasteiger charge is -2.18. The molecule has 0 amide bonds. The molecular formula is C16H13BrClNS. The van der Waals surface area contributed by atoms with Gasteiger partial charge in [-0.1, -0.05) is 57.9 Å². The molecule has 3 aromatic rings. The second kappa shape index (κ2) is 5.86. The molecule has 0 fully saturated rings. The molecule has 0 spiro atoms. The van der Waals surface area contributed by atoms with Crippen LogP contribution in [0.5, 0.6) is 0 Å². The molecule has 0 saturated carbocycles. The van der Waals surface area contributed by atoms with Crippen LogP contribution in [0.15, 0.2) is 53.0 Å². The minimum absolute atomic E-state index is 0.158. The quantitative estimate of drug-likeness (QED) is 0.634. The van der Waals surface area contributed by atoms with Crippen LogP contribution >= 0.6 is 38.9 Å². The summed E-state index contributed by atoms with van der Waals surface area (Å²) in [5.74, 6) is 0. The molecule has 0 radical (unpaired) electrons. The first-order valence-corrected chi connectivity index (χ1v) is 8.29. The maximum atomic E-state index is 6.08. The Morgan fingerprint density at radius 1 is 1.05 bits per heavy atom. The van der Waals surface area contributed by atoms with Gasteiger partial charge in [-0.05, 0) is 41.6 Å². The first-order valence-electron chi connectivity index (χ1n) is 6.30. The predicted molar refractivity (Wildman–Crippen MR) is 91.9 cm³/mol. The summed E-state index contributed by atoms with van der Waals surface area (Å²) in [6.45, 7) is 0. The third-order valence-corrected chi connectivity index (χ3v) is 5.37.